The second kappa shape index (κ2) is 7.44. The van der Waals surface area contributed by atoms with Crippen molar-refractivity contribution >= 4 is 18.0 Å². The molecule has 2 N–H and O–H groups in total. The first-order valence-corrected chi connectivity index (χ1v) is 6.76. The average molecular weight is 290 g/mol. The van der Waals surface area contributed by atoms with Gasteiger partial charge in [0, 0.05) is 25.7 Å². The van der Waals surface area contributed by atoms with Crippen LogP contribution >= 0.6 is 0 Å². The lowest BCUT2D eigenvalue weighted by atomic mass is 10.2. The minimum atomic E-state index is -0.971. The van der Waals surface area contributed by atoms with Crippen LogP contribution in [0.25, 0.3) is 6.08 Å². The van der Waals surface area contributed by atoms with Gasteiger partial charge < -0.3 is 15.2 Å². The molecule has 1 saturated heterocycles. The van der Waals surface area contributed by atoms with Crippen molar-refractivity contribution in [3.8, 4) is 5.75 Å². The van der Waals surface area contributed by atoms with Crippen molar-refractivity contribution in [3.63, 3.8) is 0 Å². The lowest BCUT2D eigenvalue weighted by Crippen LogP contribution is -2.48. The SMILES string of the molecule is O=C(O)C=Cc1ccc(OCCN2CCNC(=O)C2)cc1. The molecule has 21 heavy (non-hydrogen) atoms. The maximum absolute atomic E-state index is 11.2. The van der Waals surface area contributed by atoms with Crippen molar-refractivity contribution in [2.24, 2.45) is 0 Å². The molecule has 0 atom stereocenters. The summed E-state index contributed by atoms with van der Waals surface area (Å²) in [5.41, 5.74) is 0.803. The molecule has 0 unspecified atom stereocenters. The minimum absolute atomic E-state index is 0.0517. The Morgan fingerprint density at radius 2 is 2.14 bits per heavy atom. The number of hydrogen-bond acceptors (Lipinski definition) is 4. The molecule has 0 spiro atoms. The third kappa shape index (κ3) is 5.27. The van der Waals surface area contributed by atoms with Crippen LogP contribution in [0.5, 0.6) is 5.75 Å². The highest BCUT2D eigenvalue weighted by molar-refractivity contribution is 5.85. The number of carboxylic acids is 1. The van der Waals surface area contributed by atoms with E-state index in [1.165, 1.54) is 6.08 Å². The fraction of sp³-hybridized carbons (Fsp3) is 0.333. The van der Waals surface area contributed by atoms with Gasteiger partial charge in [-0.3, -0.25) is 9.69 Å². The van der Waals surface area contributed by atoms with E-state index in [0.717, 1.165) is 23.9 Å². The van der Waals surface area contributed by atoms with Gasteiger partial charge in [-0.05, 0) is 23.8 Å². The van der Waals surface area contributed by atoms with Gasteiger partial charge in [0.05, 0.1) is 6.54 Å². The Kier molecular flexibility index (Phi) is 5.34. The van der Waals surface area contributed by atoms with Crippen LogP contribution in [-0.4, -0.2) is 54.7 Å². The van der Waals surface area contributed by atoms with Crippen molar-refractivity contribution in [2.75, 3.05) is 32.8 Å². The highest BCUT2D eigenvalue weighted by Crippen LogP contribution is 2.13. The molecular weight excluding hydrogens is 272 g/mol. The standard InChI is InChI=1S/C15H18N2O4/c18-14-11-17(8-7-16-14)9-10-21-13-4-1-12(2-5-13)3-6-15(19)20/h1-6H,7-11H2,(H,16,18)(H,19,20). The number of ether oxygens (including phenoxy) is 1. The Balaban J connectivity index is 1.75. The molecule has 6 heteroatoms. The predicted molar refractivity (Wildman–Crippen MR) is 78.1 cm³/mol. The molecule has 6 nitrogen and oxygen atoms in total. The molecule has 1 aliphatic heterocycles. The third-order valence-corrected chi connectivity index (χ3v) is 3.09. The molecular formula is C15H18N2O4. The monoisotopic (exact) mass is 290 g/mol. The first kappa shape index (κ1) is 15.1. The van der Waals surface area contributed by atoms with Crippen LogP contribution in [0.15, 0.2) is 30.3 Å². The summed E-state index contributed by atoms with van der Waals surface area (Å²) in [6.07, 6.45) is 2.62. The van der Waals surface area contributed by atoms with Crippen LogP contribution in [0.3, 0.4) is 0 Å². The quantitative estimate of drug-likeness (QED) is 0.750. The highest BCUT2D eigenvalue weighted by atomic mass is 16.5. The number of nitrogens with one attached hydrogen (secondary N) is 1. The molecule has 112 valence electrons. The van der Waals surface area contributed by atoms with Gasteiger partial charge in [-0.15, -0.1) is 0 Å². The molecule has 2 rings (SSSR count). The van der Waals surface area contributed by atoms with E-state index in [-0.39, 0.29) is 5.91 Å². The number of carboxylic acid groups (broad SMARTS) is 1. The maximum Gasteiger partial charge on any atom is 0.328 e. The van der Waals surface area contributed by atoms with Crippen LogP contribution in [-0.2, 0) is 9.59 Å². The average Bonchev–Trinajstić information content (AvgIpc) is 2.46. The first-order chi connectivity index (χ1) is 10.1. The topological polar surface area (TPSA) is 78.9 Å². The molecule has 1 aliphatic rings. The Hall–Kier alpha value is -2.34. The molecule has 1 aromatic rings. The Morgan fingerprint density at radius 1 is 1.38 bits per heavy atom. The molecule has 0 saturated carbocycles. The molecule has 1 amide bonds. The van der Waals surface area contributed by atoms with Gasteiger partial charge >= 0.3 is 5.97 Å². The zero-order valence-corrected chi connectivity index (χ0v) is 11.6. The largest absolute Gasteiger partial charge is 0.492 e. The molecule has 1 fully saturated rings. The second-order valence-corrected chi connectivity index (χ2v) is 4.72. The summed E-state index contributed by atoms with van der Waals surface area (Å²) in [4.78, 5) is 23.7. The van der Waals surface area contributed by atoms with Crippen LogP contribution in [0.1, 0.15) is 5.56 Å². The molecule has 1 heterocycles. The van der Waals surface area contributed by atoms with Crippen molar-refractivity contribution in [1.82, 2.24) is 10.2 Å². The van der Waals surface area contributed by atoms with Gasteiger partial charge in [0.15, 0.2) is 0 Å². The summed E-state index contributed by atoms with van der Waals surface area (Å²) in [7, 11) is 0. The number of carbonyl (C=O) groups excluding carboxylic acids is 1. The number of benzene rings is 1. The minimum Gasteiger partial charge on any atom is -0.492 e. The van der Waals surface area contributed by atoms with E-state index in [4.69, 9.17) is 9.84 Å². The van der Waals surface area contributed by atoms with Crippen molar-refractivity contribution in [3.05, 3.63) is 35.9 Å². The number of rotatable bonds is 6. The lowest BCUT2D eigenvalue weighted by Gasteiger charge is -2.26. The Labute approximate surface area is 123 Å². The van der Waals surface area contributed by atoms with Gasteiger partial charge in [-0.1, -0.05) is 12.1 Å². The summed E-state index contributed by atoms with van der Waals surface area (Å²) >= 11 is 0. The molecule has 0 aromatic heterocycles. The van der Waals surface area contributed by atoms with Crippen molar-refractivity contribution in [2.45, 2.75) is 0 Å². The molecule has 0 radical (unpaired) electrons. The number of carbonyl (C=O) groups is 2. The van der Waals surface area contributed by atoms with Gasteiger partial charge in [0.2, 0.25) is 5.91 Å². The van der Waals surface area contributed by atoms with E-state index in [9.17, 15) is 9.59 Å². The summed E-state index contributed by atoms with van der Waals surface area (Å²) in [6.45, 7) is 3.16. The van der Waals surface area contributed by atoms with Crippen LogP contribution < -0.4 is 10.1 Å². The number of hydrogen-bond donors (Lipinski definition) is 2. The van der Waals surface area contributed by atoms with E-state index in [2.05, 4.69) is 5.32 Å². The number of amides is 1. The van der Waals surface area contributed by atoms with Gasteiger partial charge in [-0.25, -0.2) is 4.79 Å². The Bertz CT molecular complexity index is 525. The van der Waals surface area contributed by atoms with E-state index in [1.54, 1.807) is 24.3 Å². The van der Waals surface area contributed by atoms with Gasteiger partial charge in [0.25, 0.3) is 0 Å². The van der Waals surface area contributed by atoms with Crippen LogP contribution in [0.2, 0.25) is 0 Å². The first-order valence-electron chi connectivity index (χ1n) is 6.76. The predicted octanol–water partition coefficient (Wildman–Crippen LogP) is 0.595. The second-order valence-electron chi connectivity index (χ2n) is 4.72. The van der Waals surface area contributed by atoms with Crippen LogP contribution in [0.4, 0.5) is 0 Å². The third-order valence-electron chi connectivity index (χ3n) is 3.09. The van der Waals surface area contributed by atoms with E-state index in [0.29, 0.717) is 26.2 Å². The maximum atomic E-state index is 11.2. The lowest BCUT2D eigenvalue weighted by molar-refractivity contribution is -0.131. The molecule has 0 bridgehead atoms. The summed E-state index contributed by atoms with van der Waals surface area (Å²) < 4.78 is 5.61. The summed E-state index contributed by atoms with van der Waals surface area (Å²) in [5.74, 6) is -0.194. The number of piperazine rings is 1. The molecule has 1 aromatic carbocycles. The van der Waals surface area contributed by atoms with Gasteiger partial charge in [0.1, 0.15) is 12.4 Å². The summed E-state index contributed by atoms with van der Waals surface area (Å²) in [6, 6.07) is 7.18. The van der Waals surface area contributed by atoms with Crippen molar-refractivity contribution in [1.29, 1.82) is 0 Å². The zero-order chi connectivity index (χ0) is 15.1. The smallest absolute Gasteiger partial charge is 0.328 e. The van der Waals surface area contributed by atoms with E-state index < -0.39 is 5.97 Å². The fourth-order valence-electron chi connectivity index (χ4n) is 2.02. The summed E-state index contributed by atoms with van der Waals surface area (Å²) in [5, 5.41) is 11.3. The Morgan fingerprint density at radius 3 is 2.81 bits per heavy atom. The van der Waals surface area contributed by atoms with Crippen molar-refractivity contribution < 1.29 is 19.4 Å². The van der Waals surface area contributed by atoms with E-state index >= 15 is 0 Å². The van der Waals surface area contributed by atoms with Gasteiger partial charge in [-0.2, -0.15) is 0 Å². The fourth-order valence-corrected chi connectivity index (χ4v) is 2.02. The van der Waals surface area contributed by atoms with Crippen LogP contribution in [0, 0.1) is 0 Å². The van der Waals surface area contributed by atoms with E-state index in [1.807, 2.05) is 4.90 Å². The zero-order valence-electron chi connectivity index (χ0n) is 11.6. The number of aliphatic carboxylic acids is 1. The normalized spacial score (nSPS) is 15.9. The highest BCUT2D eigenvalue weighted by Gasteiger charge is 2.15. The molecule has 0 aliphatic carbocycles. The number of nitrogens with zero attached hydrogens (tertiary/aromatic N) is 1.